The van der Waals surface area contributed by atoms with Crippen LogP contribution in [0.4, 0.5) is 13.2 Å². The second kappa shape index (κ2) is 7.02. The van der Waals surface area contributed by atoms with Gasteiger partial charge in [0.2, 0.25) is 5.91 Å². The molecule has 0 aliphatic carbocycles. The van der Waals surface area contributed by atoms with Crippen molar-refractivity contribution >= 4 is 11.7 Å². The quantitative estimate of drug-likeness (QED) is 0.780. The third kappa shape index (κ3) is 3.87. The molecule has 0 bridgehead atoms. The number of amides is 1. The van der Waals surface area contributed by atoms with Crippen LogP contribution in [0.25, 0.3) is 0 Å². The van der Waals surface area contributed by atoms with Crippen molar-refractivity contribution in [1.29, 1.82) is 0 Å². The van der Waals surface area contributed by atoms with Gasteiger partial charge >= 0.3 is 6.18 Å². The van der Waals surface area contributed by atoms with E-state index in [1.54, 1.807) is 0 Å². The molecule has 10 heteroatoms. The van der Waals surface area contributed by atoms with E-state index in [9.17, 15) is 32.7 Å². The largest absolute Gasteiger partial charge is 0.503 e. The highest BCUT2D eigenvalue weighted by Crippen LogP contribution is 2.39. The minimum absolute atomic E-state index is 0.0885. The third-order valence-electron chi connectivity index (χ3n) is 5.00. The van der Waals surface area contributed by atoms with Crippen molar-refractivity contribution in [2.75, 3.05) is 13.6 Å². The number of ketones is 1. The summed E-state index contributed by atoms with van der Waals surface area (Å²) in [5, 5.41) is 13.8. The maximum Gasteiger partial charge on any atom is 0.416 e. The summed E-state index contributed by atoms with van der Waals surface area (Å²) in [6.45, 7) is 1.11. The van der Waals surface area contributed by atoms with Crippen LogP contribution in [-0.2, 0) is 22.9 Å². The monoisotopic (exact) mass is 409 g/mol. The molecule has 2 heterocycles. The molecule has 1 aliphatic rings. The summed E-state index contributed by atoms with van der Waals surface area (Å²) < 4.78 is 40.7. The Balaban J connectivity index is 2.12. The molecule has 1 amide bonds. The lowest BCUT2D eigenvalue weighted by Crippen LogP contribution is -2.36. The fraction of sp³-hybridized carbons (Fsp3) is 0.368. The second-order valence-corrected chi connectivity index (χ2v) is 7.23. The van der Waals surface area contributed by atoms with Gasteiger partial charge in [-0.1, -0.05) is 18.2 Å². The van der Waals surface area contributed by atoms with Crippen LogP contribution in [0.15, 0.2) is 35.3 Å². The van der Waals surface area contributed by atoms with Gasteiger partial charge in [-0.15, -0.1) is 0 Å². The molecule has 154 valence electrons. The van der Waals surface area contributed by atoms with Gasteiger partial charge in [0.05, 0.1) is 18.3 Å². The standard InChI is InChI=1S/C19H18F3N3O4/c1-11(26)16-17(29)14(27)8-25(23-16)10-18(7-15(28)24(2)9-18)12-4-3-5-13(6-12)19(20,21)22/h3-6,8,27H,7,9-10H2,1-2H3. The lowest BCUT2D eigenvalue weighted by Gasteiger charge is -2.30. The average molecular weight is 409 g/mol. The first-order chi connectivity index (χ1) is 13.4. The number of alkyl halides is 3. The molecule has 1 aromatic heterocycles. The van der Waals surface area contributed by atoms with Crippen molar-refractivity contribution in [1.82, 2.24) is 14.7 Å². The minimum atomic E-state index is -4.55. The molecule has 1 fully saturated rings. The molecule has 1 atom stereocenters. The van der Waals surface area contributed by atoms with E-state index in [0.717, 1.165) is 29.9 Å². The molecule has 1 aromatic carbocycles. The van der Waals surface area contributed by atoms with Crippen LogP contribution in [0.1, 0.15) is 35.0 Å². The van der Waals surface area contributed by atoms with Crippen molar-refractivity contribution in [3.63, 3.8) is 0 Å². The molecule has 29 heavy (non-hydrogen) atoms. The van der Waals surface area contributed by atoms with Gasteiger partial charge in [0.1, 0.15) is 0 Å². The zero-order valence-electron chi connectivity index (χ0n) is 15.7. The smallest absolute Gasteiger partial charge is 0.416 e. The topological polar surface area (TPSA) is 92.5 Å². The summed E-state index contributed by atoms with van der Waals surface area (Å²) >= 11 is 0. The number of rotatable bonds is 4. The number of aromatic hydroxyl groups is 1. The van der Waals surface area contributed by atoms with Gasteiger partial charge in [-0.3, -0.25) is 19.1 Å². The van der Waals surface area contributed by atoms with Gasteiger partial charge in [-0.05, 0) is 11.6 Å². The third-order valence-corrected chi connectivity index (χ3v) is 5.00. The van der Waals surface area contributed by atoms with E-state index in [0.29, 0.717) is 0 Å². The summed E-state index contributed by atoms with van der Waals surface area (Å²) in [6, 6.07) is 4.69. The Kier molecular flexibility index (Phi) is 4.97. The lowest BCUT2D eigenvalue weighted by atomic mass is 9.78. The summed E-state index contributed by atoms with van der Waals surface area (Å²) in [5.41, 5.74) is -3.08. The number of hydrogen-bond acceptors (Lipinski definition) is 5. The molecule has 0 radical (unpaired) electrons. The summed E-state index contributed by atoms with van der Waals surface area (Å²) in [7, 11) is 1.54. The number of likely N-dealkylation sites (N-methyl/N-ethyl adjacent to an activating group) is 1. The van der Waals surface area contributed by atoms with Gasteiger partial charge in [-0.2, -0.15) is 18.3 Å². The first-order valence-electron chi connectivity index (χ1n) is 8.66. The molecular formula is C19H18F3N3O4. The maximum atomic E-state index is 13.2. The lowest BCUT2D eigenvalue weighted by molar-refractivity contribution is -0.137. The Labute approximate surface area is 163 Å². The van der Waals surface area contributed by atoms with Gasteiger partial charge in [-0.25, -0.2) is 0 Å². The Hall–Kier alpha value is -3.17. The predicted molar refractivity (Wildman–Crippen MR) is 95.5 cm³/mol. The molecule has 1 unspecified atom stereocenters. The van der Waals surface area contributed by atoms with Crippen molar-refractivity contribution in [3.05, 3.63) is 57.5 Å². The number of carbonyl (C=O) groups is 2. The van der Waals surface area contributed by atoms with E-state index in [2.05, 4.69) is 5.10 Å². The van der Waals surface area contributed by atoms with Gasteiger partial charge in [0, 0.05) is 32.4 Å². The summed E-state index contributed by atoms with van der Waals surface area (Å²) in [5.74, 6) is -1.63. The number of nitrogens with zero attached hydrogens (tertiary/aromatic N) is 3. The molecule has 3 rings (SSSR count). The average Bonchev–Trinajstić information content (AvgIpc) is 2.92. The van der Waals surface area contributed by atoms with E-state index in [4.69, 9.17) is 0 Å². The molecule has 1 saturated heterocycles. The zero-order valence-corrected chi connectivity index (χ0v) is 15.7. The van der Waals surface area contributed by atoms with E-state index < -0.39 is 39.8 Å². The summed E-state index contributed by atoms with van der Waals surface area (Å²) in [6.07, 6.45) is -3.64. The highest BCUT2D eigenvalue weighted by molar-refractivity contribution is 5.92. The SMILES string of the molecule is CC(=O)c1nn(CC2(c3cccc(C(F)(F)F)c3)CC(=O)N(C)C2)cc(O)c1=O. The Bertz CT molecular complexity index is 1050. The highest BCUT2D eigenvalue weighted by Gasteiger charge is 2.45. The molecule has 2 aromatic rings. The Morgan fingerprint density at radius 1 is 1.31 bits per heavy atom. The zero-order chi connectivity index (χ0) is 21.6. The van der Waals surface area contributed by atoms with Crippen LogP contribution < -0.4 is 5.43 Å². The van der Waals surface area contributed by atoms with Crippen LogP contribution in [0.2, 0.25) is 0 Å². The second-order valence-electron chi connectivity index (χ2n) is 7.23. The maximum absolute atomic E-state index is 13.2. The minimum Gasteiger partial charge on any atom is -0.503 e. The van der Waals surface area contributed by atoms with Crippen LogP contribution in [-0.4, -0.2) is 45.1 Å². The van der Waals surface area contributed by atoms with Crippen molar-refractivity contribution < 1.29 is 27.9 Å². The first-order valence-corrected chi connectivity index (χ1v) is 8.66. The molecular weight excluding hydrogens is 391 g/mol. The van der Waals surface area contributed by atoms with Gasteiger partial charge in [0.15, 0.2) is 17.2 Å². The van der Waals surface area contributed by atoms with Gasteiger partial charge in [0.25, 0.3) is 5.43 Å². The van der Waals surface area contributed by atoms with E-state index in [1.165, 1.54) is 24.1 Å². The Morgan fingerprint density at radius 3 is 2.55 bits per heavy atom. The number of aromatic nitrogens is 2. The molecule has 0 spiro atoms. The van der Waals surface area contributed by atoms with Crippen molar-refractivity contribution in [2.24, 2.45) is 0 Å². The van der Waals surface area contributed by atoms with Crippen LogP contribution in [0.5, 0.6) is 5.75 Å². The molecule has 7 nitrogen and oxygen atoms in total. The van der Waals surface area contributed by atoms with Crippen molar-refractivity contribution in [2.45, 2.75) is 31.5 Å². The van der Waals surface area contributed by atoms with Gasteiger partial charge < -0.3 is 10.0 Å². The van der Waals surface area contributed by atoms with Crippen molar-refractivity contribution in [3.8, 4) is 5.75 Å². The van der Waals surface area contributed by atoms with E-state index in [1.807, 2.05) is 0 Å². The van der Waals surface area contributed by atoms with Crippen LogP contribution >= 0.6 is 0 Å². The van der Waals surface area contributed by atoms with Crippen LogP contribution in [0, 0.1) is 0 Å². The highest BCUT2D eigenvalue weighted by atomic mass is 19.4. The number of likely N-dealkylation sites (tertiary alicyclic amines) is 1. The van der Waals surface area contributed by atoms with E-state index in [-0.39, 0.29) is 31.0 Å². The summed E-state index contributed by atoms with van der Waals surface area (Å²) in [4.78, 5) is 37.2. The molecule has 1 N–H and O–H groups in total. The number of halogens is 3. The number of benzene rings is 1. The number of Topliss-reactive ketones (excluding diaryl/α,β-unsaturated/α-hetero) is 1. The molecule has 0 saturated carbocycles. The fourth-order valence-electron chi connectivity index (χ4n) is 3.58. The number of hydrogen-bond donors (Lipinski definition) is 1. The normalized spacial score (nSPS) is 19.6. The van der Waals surface area contributed by atoms with Crippen LogP contribution in [0.3, 0.4) is 0 Å². The molecule has 1 aliphatic heterocycles. The first kappa shape index (κ1) is 20.6. The fourth-order valence-corrected chi connectivity index (χ4v) is 3.58. The predicted octanol–water partition coefficient (Wildman–Crippen LogP) is 1.97. The Morgan fingerprint density at radius 2 is 2.00 bits per heavy atom. The number of carbonyl (C=O) groups excluding carboxylic acids is 2. The van der Waals surface area contributed by atoms with E-state index >= 15 is 0 Å².